The first-order valence-corrected chi connectivity index (χ1v) is 8.53. The zero-order valence-corrected chi connectivity index (χ0v) is 14.6. The minimum Gasteiger partial charge on any atom is -0.467 e. The van der Waals surface area contributed by atoms with Crippen molar-refractivity contribution >= 4 is 34.8 Å². The SMILES string of the molecule is O=C1c2ccccc2NC(c2ccc(Cl)cc2Cl)N1Cc1ccco1. The largest absolute Gasteiger partial charge is 0.467 e. The number of hydrogen-bond acceptors (Lipinski definition) is 3. The van der Waals surface area contributed by atoms with Crippen molar-refractivity contribution in [3.8, 4) is 0 Å². The number of amides is 1. The van der Waals surface area contributed by atoms with Gasteiger partial charge in [-0.1, -0.05) is 41.4 Å². The maximum absolute atomic E-state index is 13.1. The molecule has 2 heterocycles. The van der Waals surface area contributed by atoms with E-state index in [1.54, 1.807) is 35.4 Å². The Labute approximate surface area is 155 Å². The van der Waals surface area contributed by atoms with Gasteiger partial charge in [0.15, 0.2) is 0 Å². The molecule has 1 N–H and O–H groups in total. The van der Waals surface area contributed by atoms with E-state index in [9.17, 15) is 4.79 Å². The fourth-order valence-electron chi connectivity index (χ4n) is 3.00. The van der Waals surface area contributed by atoms with Crippen molar-refractivity contribution in [2.75, 3.05) is 5.32 Å². The lowest BCUT2D eigenvalue weighted by Gasteiger charge is -2.38. The van der Waals surface area contributed by atoms with E-state index >= 15 is 0 Å². The molecule has 25 heavy (non-hydrogen) atoms. The van der Waals surface area contributed by atoms with Crippen LogP contribution >= 0.6 is 23.2 Å². The molecule has 0 radical (unpaired) electrons. The van der Waals surface area contributed by atoms with E-state index < -0.39 is 6.17 Å². The first kappa shape index (κ1) is 16.1. The molecule has 1 amide bonds. The van der Waals surface area contributed by atoms with Crippen LogP contribution in [0.3, 0.4) is 0 Å². The molecular formula is C19H14Cl2N2O2. The lowest BCUT2D eigenvalue weighted by atomic mass is 10.0. The summed E-state index contributed by atoms with van der Waals surface area (Å²) in [7, 11) is 0. The molecule has 4 rings (SSSR count). The number of carbonyl (C=O) groups excluding carboxylic acids is 1. The Bertz CT molecular complexity index is 925. The topological polar surface area (TPSA) is 45.5 Å². The van der Waals surface area contributed by atoms with Gasteiger partial charge in [0.25, 0.3) is 5.91 Å². The van der Waals surface area contributed by atoms with Crippen LogP contribution < -0.4 is 5.32 Å². The average molecular weight is 373 g/mol. The predicted octanol–water partition coefficient (Wildman–Crippen LogP) is 5.35. The highest BCUT2D eigenvalue weighted by molar-refractivity contribution is 6.35. The molecule has 0 fully saturated rings. The standard InChI is InChI=1S/C19H14Cl2N2O2/c20-12-7-8-14(16(21)10-12)18-22-17-6-2-1-5-15(17)19(24)23(18)11-13-4-3-9-25-13/h1-10,18,22H,11H2. The molecule has 1 aromatic heterocycles. The lowest BCUT2D eigenvalue weighted by Crippen LogP contribution is -2.42. The summed E-state index contributed by atoms with van der Waals surface area (Å²) in [6, 6.07) is 16.3. The molecule has 1 aliphatic heterocycles. The van der Waals surface area contributed by atoms with Gasteiger partial charge in [0, 0.05) is 21.3 Å². The van der Waals surface area contributed by atoms with Crippen LogP contribution in [0.4, 0.5) is 5.69 Å². The van der Waals surface area contributed by atoms with E-state index in [-0.39, 0.29) is 5.91 Å². The fraction of sp³-hybridized carbons (Fsp3) is 0.105. The summed E-state index contributed by atoms with van der Waals surface area (Å²) in [5, 5.41) is 4.45. The Morgan fingerprint density at radius 1 is 1.08 bits per heavy atom. The highest BCUT2D eigenvalue weighted by Gasteiger charge is 2.34. The van der Waals surface area contributed by atoms with Crippen molar-refractivity contribution in [1.82, 2.24) is 4.90 Å². The molecule has 0 spiro atoms. The van der Waals surface area contributed by atoms with Crippen LogP contribution in [0.15, 0.2) is 65.3 Å². The summed E-state index contributed by atoms with van der Waals surface area (Å²) in [5.41, 5.74) is 2.18. The van der Waals surface area contributed by atoms with Gasteiger partial charge in [-0.15, -0.1) is 0 Å². The molecule has 0 bridgehead atoms. The number of anilines is 1. The van der Waals surface area contributed by atoms with E-state index in [2.05, 4.69) is 5.32 Å². The molecule has 4 nitrogen and oxygen atoms in total. The second kappa shape index (κ2) is 6.47. The summed E-state index contributed by atoms with van der Waals surface area (Å²) in [6.07, 6.45) is 1.17. The number of benzene rings is 2. The summed E-state index contributed by atoms with van der Waals surface area (Å²) in [4.78, 5) is 14.8. The third-order valence-corrected chi connectivity index (χ3v) is 4.75. The molecule has 1 aliphatic rings. The summed E-state index contributed by atoms with van der Waals surface area (Å²) >= 11 is 12.4. The third-order valence-electron chi connectivity index (χ3n) is 4.19. The second-order valence-corrected chi connectivity index (χ2v) is 6.61. The molecule has 0 aliphatic carbocycles. The van der Waals surface area contributed by atoms with Crippen molar-refractivity contribution in [3.05, 3.63) is 87.8 Å². The van der Waals surface area contributed by atoms with Crippen molar-refractivity contribution < 1.29 is 9.21 Å². The number of furan rings is 1. The number of rotatable bonds is 3. The number of nitrogens with zero attached hydrogens (tertiary/aromatic N) is 1. The molecule has 0 saturated carbocycles. The summed E-state index contributed by atoms with van der Waals surface area (Å²) < 4.78 is 5.43. The number of halogens is 2. The Kier molecular flexibility index (Phi) is 4.15. The van der Waals surface area contributed by atoms with Crippen molar-refractivity contribution in [3.63, 3.8) is 0 Å². The molecular weight excluding hydrogens is 359 g/mol. The van der Waals surface area contributed by atoms with Crippen LogP contribution in [-0.2, 0) is 6.54 Å². The summed E-state index contributed by atoms with van der Waals surface area (Å²) in [5.74, 6) is 0.617. The Balaban J connectivity index is 1.80. The van der Waals surface area contributed by atoms with Gasteiger partial charge in [0.2, 0.25) is 0 Å². The first-order chi connectivity index (χ1) is 12.1. The molecule has 6 heteroatoms. The predicted molar refractivity (Wildman–Crippen MR) is 97.8 cm³/mol. The Hall–Kier alpha value is -2.43. The zero-order valence-electron chi connectivity index (χ0n) is 13.1. The van der Waals surface area contributed by atoms with Gasteiger partial charge in [-0.3, -0.25) is 4.79 Å². The molecule has 3 aromatic rings. The van der Waals surface area contributed by atoms with Crippen LogP contribution in [0.1, 0.15) is 27.8 Å². The Morgan fingerprint density at radius 2 is 1.92 bits per heavy atom. The fourth-order valence-corrected chi connectivity index (χ4v) is 3.51. The molecule has 0 saturated heterocycles. The monoisotopic (exact) mass is 372 g/mol. The highest BCUT2D eigenvalue weighted by Crippen LogP contribution is 2.37. The maximum atomic E-state index is 13.1. The van der Waals surface area contributed by atoms with E-state index in [0.29, 0.717) is 27.9 Å². The van der Waals surface area contributed by atoms with Gasteiger partial charge in [0.1, 0.15) is 11.9 Å². The van der Waals surface area contributed by atoms with Gasteiger partial charge in [-0.25, -0.2) is 0 Å². The van der Waals surface area contributed by atoms with Gasteiger partial charge in [0.05, 0.1) is 18.4 Å². The quantitative estimate of drug-likeness (QED) is 0.673. The third kappa shape index (κ3) is 2.99. The van der Waals surface area contributed by atoms with E-state index in [0.717, 1.165) is 11.3 Å². The van der Waals surface area contributed by atoms with Gasteiger partial charge < -0.3 is 14.6 Å². The number of nitrogens with one attached hydrogen (secondary N) is 1. The van der Waals surface area contributed by atoms with E-state index in [1.807, 2.05) is 30.3 Å². The normalized spacial score (nSPS) is 16.5. The van der Waals surface area contributed by atoms with Gasteiger partial charge >= 0.3 is 0 Å². The second-order valence-electron chi connectivity index (χ2n) is 5.77. The van der Waals surface area contributed by atoms with Crippen molar-refractivity contribution in [1.29, 1.82) is 0 Å². The zero-order chi connectivity index (χ0) is 17.4. The van der Waals surface area contributed by atoms with Gasteiger partial charge in [-0.05, 0) is 36.4 Å². The van der Waals surface area contributed by atoms with Crippen LogP contribution in [0.5, 0.6) is 0 Å². The lowest BCUT2D eigenvalue weighted by molar-refractivity contribution is 0.0651. The minimum absolute atomic E-state index is 0.0817. The number of para-hydroxylation sites is 1. The van der Waals surface area contributed by atoms with Crippen molar-refractivity contribution in [2.45, 2.75) is 12.7 Å². The van der Waals surface area contributed by atoms with E-state index in [4.69, 9.17) is 27.6 Å². The van der Waals surface area contributed by atoms with Gasteiger partial charge in [-0.2, -0.15) is 0 Å². The number of hydrogen-bond donors (Lipinski definition) is 1. The minimum atomic E-state index is -0.419. The van der Waals surface area contributed by atoms with Crippen LogP contribution in [-0.4, -0.2) is 10.8 Å². The smallest absolute Gasteiger partial charge is 0.258 e. The highest BCUT2D eigenvalue weighted by atomic mass is 35.5. The Morgan fingerprint density at radius 3 is 2.68 bits per heavy atom. The summed E-state index contributed by atoms with van der Waals surface area (Å²) in [6.45, 7) is 0.330. The molecule has 2 aromatic carbocycles. The molecule has 126 valence electrons. The van der Waals surface area contributed by atoms with Crippen LogP contribution in [0.2, 0.25) is 10.0 Å². The van der Waals surface area contributed by atoms with Crippen molar-refractivity contribution in [2.24, 2.45) is 0 Å². The maximum Gasteiger partial charge on any atom is 0.258 e. The van der Waals surface area contributed by atoms with E-state index in [1.165, 1.54) is 0 Å². The molecule has 1 unspecified atom stereocenters. The average Bonchev–Trinajstić information content (AvgIpc) is 3.11. The van der Waals surface area contributed by atoms with Crippen LogP contribution in [0, 0.1) is 0 Å². The molecule has 1 atom stereocenters. The number of fused-ring (bicyclic) bond motifs is 1. The number of carbonyl (C=O) groups is 1. The first-order valence-electron chi connectivity index (χ1n) is 7.77. The van der Waals surface area contributed by atoms with Crippen LogP contribution in [0.25, 0.3) is 0 Å².